The Kier molecular flexibility index (Phi) is 5.03. The fourth-order valence-corrected chi connectivity index (χ4v) is 1.48. The first-order valence-electron chi connectivity index (χ1n) is 5.43. The van der Waals surface area contributed by atoms with Crippen molar-refractivity contribution < 1.29 is 28.0 Å². The number of nitro groups is 1. The topological polar surface area (TPSA) is 92.5 Å². The van der Waals surface area contributed by atoms with Gasteiger partial charge in [-0.3, -0.25) is 14.9 Å². The van der Waals surface area contributed by atoms with Crippen molar-refractivity contribution in [3.8, 4) is 0 Å². The lowest BCUT2D eigenvalue weighted by atomic mass is 10.0. The maximum atomic E-state index is 11.9. The van der Waals surface area contributed by atoms with E-state index in [1.807, 2.05) is 0 Å². The minimum absolute atomic E-state index is 0.126. The molecule has 6 nitrogen and oxygen atoms in total. The van der Waals surface area contributed by atoms with Crippen LogP contribution in [0.4, 0.5) is 18.9 Å². The van der Waals surface area contributed by atoms with E-state index >= 15 is 0 Å². The zero-order valence-corrected chi connectivity index (χ0v) is 10.1. The van der Waals surface area contributed by atoms with Crippen LogP contribution in [0, 0.1) is 10.1 Å². The van der Waals surface area contributed by atoms with Crippen LogP contribution in [0.3, 0.4) is 0 Å². The Hall–Kier alpha value is -2.16. The number of aliphatic hydroxyl groups is 1. The zero-order valence-electron chi connectivity index (χ0n) is 10.1. The summed E-state index contributed by atoms with van der Waals surface area (Å²) in [5.74, 6) is -0.883. The summed E-state index contributed by atoms with van der Waals surface area (Å²) in [6.07, 6.45) is -4.91. The highest BCUT2D eigenvalue weighted by atomic mass is 19.4. The second-order valence-corrected chi connectivity index (χ2v) is 3.94. The molecule has 1 aromatic rings. The van der Waals surface area contributed by atoms with Crippen LogP contribution in [0.15, 0.2) is 18.2 Å². The van der Waals surface area contributed by atoms with E-state index in [4.69, 9.17) is 5.11 Å². The Labute approximate surface area is 111 Å². The first-order valence-corrected chi connectivity index (χ1v) is 5.43. The number of carbonyl (C=O) groups is 1. The predicted molar refractivity (Wildman–Crippen MR) is 61.8 cm³/mol. The average Bonchev–Trinajstić information content (AvgIpc) is 2.35. The molecule has 0 fully saturated rings. The Morgan fingerprint density at radius 2 is 2.00 bits per heavy atom. The van der Waals surface area contributed by atoms with E-state index < -0.39 is 36.6 Å². The van der Waals surface area contributed by atoms with Crippen LogP contribution < -0.4 is 5.32 Å². The van der Waals surface area contributed by atoms with Crippen molar-refractivity contribution >= 4 is 11.6 Å². The third-order valence-corrected chi connectivity index (χ3v) is 2.41. The first kappa shape index (κ1) is 15.9. The number of hydrogen-bond acceptors (Lipinski definition) is 4. The number of nitrogens with one attached hydrogen (secondary N) is 1. The van der Waals surface area contributed by atoms with Gasteiger partial charge in [0.1, 0.15) is 6.54 Å². The van der Waals surface area contributed by atoms with E-state index in [0.717, 1.165) is 12.1 Å². The average molecular weight is 292 g/mol. The monoisotopic (exact) mass is 292 g/mol. The van der Waals surface area contributed by atoms with Gasteiger partial charge in [-0.25, -0.2) is 0 Å². The number of non-ortho nitro benzene ring substituents is 1. The molecule has 1 rings (SSSR count). The fraction of sp³-hybridized carbons (Fsp3) is 0.364. The fourth-order valence-electron chi connectivity index (χ4n) is 1.48. The molecular weight excluding hydrogens is 281 g/mol. The van der Waals surface area contributed by atoms with Gasteiger partial charge < -0.3 is 10.4 Å². The number of amides is 1. The number of hydrogen-bond donors (Lipinski definition) is 2. The first-order chi connectivity index (χ1) is 9.23. The molecule has 9 heteroatoms. The molecule has 0 heterocycles. The lowest BCUT2D eigenvalue weighted by Crippen LogP contribution is -2.34. The molecular formula is C11H11F3N2O4. The molecule has 0 unspecified atom stereocenters. The summed E-state index contributed by atoms with van der Waals surface area (Å²) in [5.41, 5.74) is 0.0904. The molecule has 0 aliphatic heterocycles. The molecule has 0 saturated carbocycles. The van der Waals surface area contributed by atoms with Crippen molar-refractivity contribution in [2.75, 3.05) is 6.54 Å². The second-order valence-electron chi connectivity index (χ2n) is 3.94. The van der Waals surface area contributed by atoms with E-state index in [9.17, 15) is 28.1 Å². The maximum absolute atomic E-state index is 11.9. The van der Waals surface area contributed by atoms with Gasteiger partial charge in [-0.05, 0) is 11.1 Å². The molecule has 0 bridgehead atoms. The van der Waals surface area contributed by atoms with Crippen molar-refractivity contribution in [2.24, 2.45) is 0 Å². The molecule has 0 atom stereocenters. The summed E-state index contributed by atoms with van der Waals surface area (Å²) in [5, 5.41) is 21.3. The summed E-state index contributed by atoms with van der Waals surface area (Å²) in [4.78, 5) is 21.2. The van der Waals surface area contributed by atoms with E-state index in [1.54, 1.807) is 5.32 Å². The molecule has 0 aliphatic rings. The number of rotatable bonds is 5. The highest BCUT2D eigenvalue weighted by Crippen LogP contribution is 2.19. The van der Waals surface area contributed by atoms with Gasteiger partial charge in [-0.2, -0.15) is 13.2 Å². The van der Waals surface area contributed by atoms with Gasteiger partial charge in [0.25, 0.3) is 5.69 Å². The smallest absolute Gasteiger partial charge is 0.392 e. The van der Waals surface area contributed by atoms with Crippen LogP contribution in [-0.2, 0) is 17.8 Å². The minimum atomic E-state index is -4.51. The third-order valence-electron chi connectivity index (χ3n) is 2.41. The van der Waals surface area contributed by atoms with Crippen molar-refractivity contribution in [1.82, 2.24) is 5.32 Å². The lowest BCUT2D eigenvalue weighted by molar-refractivity contribution is -0.385. The molecule has 20 heavy (non-hydrogen) atoms. The molecule has 0 aliphatic carbocycles. The molecule has 110 valence electrons. The molecule has 0 saturated heterocycles. The van der Waals surface area contributed by atoms with Crippen LogP contribution >= 0.6 is 0 Å². The summed E-state index contributed by atoms with van der Waals surface area (Å²) in [6.45, 7) is -2.00. The molecule has 2 N–H and O–H groups in total. The molecule has 0 spiro atoms. The minimum Gasteiger partial charge on any atom is -0.392 e. The Bertz CT molecular complexity index is 517. The van der Waals surface area contributed by atoms with Crippen LogP contribution in [-0.4, -0.2) is 28.7 Å². The number of benzene rings is 1. The molecule has 1 aromatic carbocycles. The van der Waals surface area contributed by atoms with Gasteiger partial charge in [-0.15, -0.1) is 0 Å². The zero-order chi connectivity index (χ0) is 15.3. The van der Waals surface area contributed by atoms with Crippen molar-refractivity contribution in [2.45, 2.75) is 19.2 Å². The number of aliphatic hydroxyl groups excluding tert-OH is 1. The normalized spacial score (nSPS) is 11.2. The van der Waals surface area contributed by atoms with Gasteiger partial charge in [0.2, 0.25) is 5.91 Å². The SMILES string of the molecule is O=C(Cc1ccc([N+](=O)[O-])cc1CO)NCC(F)(F)F. The summed E-state index contributed by atoms with van der Waals surface area (Å²) >= 11 is 0. The van der Waals surface area contributed by atoms with Crippen LogP contribution in [0.2, 0.25) is 0 Å². The van der Waals surface area contributed by atoms with E-state index in [1.165, 1.54) is 6.07 Å². The summed E-state index contributed by atoms with van der Waals surface area (Å²) < 4.78 is 35.7. The lowest BCUT2D eigenvalue weighted by Gasteiger charge is -2.10. The van der Waals surface area contributed by atoms with Crippen molar-refractivity contribution in [3.05, 3.63) is 39.4 Å². The third kappa shape index (κ3) is 4.84. The number of nitro benzene ring substituents is 1. The quantitative estimate of drug-likeness (QED) is 0.632. The van der Waals surface area contributed by atoms with Gasteiger partial charge in [-0.1, -0.05) is 6.07 Å². The van der Waals surface area contributed by atoms with Gasteiger partial charge >= 0.3 is 6.18 Å². The molecule has 0 radical (unpaired) electrons. The highest BCUT2D eigenvalue weighted by Gasteiger charge is 2.27. The van der Waals surface area contributed by atoms with Gasteiger partial charge in [0.05, 0.1) is 18.0 Å². The van der Waals surface area contributed by atoms with E-state index in [0.29, 0.717) is 0 Å². The number of alkyl halides is 3. The largest absolute Gasteiger partial charge is 0.405 e. The predicted octanol–water partition coefficient (Wildman–Crippen LogP) is 1.31. The number of halogens is 3. The maximum Gasteiger partial charge on any atom is 0.405 e. The summed E-state index contributed by atoms with van der Waals surface area (Å²) in [6, 6.07) is 3.43. The van der Waals surface area contributed by atoms with E-state index in [2.05, 4.69) is 0 Å². The second kappa shape index (κ2) is 6.33. The van der Waals surface area contributed by atoms with Gasteiger partial charge in [0, 0.05) is 12.1 Å². The van der Waals surface area contributed by atoms with E-state index in [-0.39, 0.29) is 16.8 Å². The van der Waals surface area contributed by atoms with Crippen LogP contribution in [0.1, 0.15) is 11.1 Å². The standard InChI is InChI=1S/C11H11F3N2O4/c12-11(13,14)6-15-10(18)4-7-1-2-9(16(19)20)3-8(7)5-17/h1-3,17H,4-6H2,(H,15,18). The van der Waals surface area contributed by atoms with Gasteiger partial charge in [0.15, 0.2) is 0 Å². The van der Waals surface area contributed by atoms with Crippen LogP contribution in [0.5, 0.6) is 0 Å². The Balaban J connectivity index is 2.77. The van der Waals surface area contributed by atoms with Crippen molar-refractivity contribution in [3.63, 3.8) is 0 Å². The molecule has 1 amide bonds. The summed E-state index contributed by atoms with van der Waals surface area (Å²) in [7, 11) is 0. The number of carbonyl (C=O) groups excluding carboxylic acids is 1. The Morgan fingerprint density at radius 1 is 1.35 bits per heavy atom. The molecule has 0 aromatic heterocycles. The Morgan fingerprint density at radius 3 is 2.50 bits per heavy atom. The van der Waals surface area contributed by atoms with Crippen LogP contribution in [0.25, 0.3) is 0 Å². The van der Waals surface area contributed by atoms with Crippen molar-refractivity contribution in [1.29, 1.82) is 0 Å². The number of nitrogens with zero attached hydrogens (tertiary/aromatic N) is 1. The highest BCUT2D eigenvalue weighted by molar-refractivity contribution is 5.79.